The van der Waals surface area contributed by atoms with Crippen LogP contribution in [0.4, 0.5) is 5.82 Å². The van der Waals surface area contributed by atoms with E-state index in [-0.39, 0.29) is 5.75 Å². The zero-order chi connectivity index (χ0) is 13.1. The molecule has 0 fully saturated rings. The van der Waals surface area contributed by atoms with Crippen molar-refractivity contribution in [2.75, 3.05) is 18.1 Å². The number of rotatable bonds is 5. The predicted molar refractivity (Wildman–Crippen MR) is 71.8 cm³/mol. The van der Waals surface area contributed by atoms with E-state index in [0.29, 0.717) is 11.6 Å². The molecule has 0 spiro atoms. The topological polar surface area (TPSA) is 72.0 Å². The van der Waals surface area contributed by atoms with Gasteiger partial charge in [0.05, 0.1) is 10.2 Å². The molecule has 96 valence electrons. The summed E-state index contributed by atoms with van der Waals surface area (Å²) in [5.74, 6) is 0.840. The van der Waals surface area contributed by atoms with Crippen molar-refractivity contribution in [1.29, 1.82) is 0 Å². The molecular formula is C10H16BrN3O2S. The average Bonchev–Trinajstić information content (AvgIpc) is 2.18. The molecule has 0 aliphatic carbocycles. The smallest absolute Gasteiger partial charge is 0.154 e. The van der Waals surface area contributed by atoms with Crippen molar-refractivity contribution in [3.05, 3.63) is 16.0 Å². The van der Waals surface area contributed by atoms with Gasteiger partial charge in [0.1, 0.15) is 17.4 Å². The number of anilines is 1. The monoisotopic (exact) mass is 321 g/mol. The van der Waals surface area contributed by atoms with E-state index in [2.05, 4.69) is 31.2 Å². The molecule has 1 rings (SSSR count). The molecule has 17 heavy (non-hydrogen) atoms. The number of hydrogen-bond acceptors (Lipinski definition) is 5. The van der Waals surface area contributed by atoms with Crippen LogP contribution in [-0.4, -0.2) is 31.2 Å². The van der Waals surface area contributed by atoms with Crippen LogP contribution >= 0.6 is 15.9 Å². The second-order valence-electron chi connectivity index (χ2n) is 3.88. The van der Waals surface area contributed by atoms with Crippen LogP contribution in [0.3, 0.4) is 0 Å². The lowest BCUT2D eigenvalue weighted by atomic mass is 10.4. The summed E-state index contributed by atoms with van der Waals surface area (Å²) >= 11 is 3.39. The van der Waals surface area contributed by atoms with Crippen LogP contribution in [0.25, 0.3) is 0 Å². The van der Waals surface area contributed by atoms with Crippen molar-refractivity contribution in [1.82, 2.24) is 9.97 Å². The summed E-state index contributed by atoms with van der Waals surface area (Å²) in [6, 6.07) is 0. The quantitative estimate of drug-likeness (QED) is 0.897. The molecule has 1 heterocycles. The van der Waals surface area contributed by atoms with Gasteiger partial charge in [-0.15, -0.1) is 0 Å². The second kappa shape index (κ2) is 5.77. The minimum Gasteiger partial charge on any atom is -0.369 e. The molecule has 0 atom stereocenters. The van der Waals surface area contributed by atoms with Crippen molar-refractivity contribution in [3.8, 4) is 0 Å². The van der Waals surface area contributed by atoms with Gasteiger partial charge in [-0.25, -0.2) is 18.4 Å². The Kier molecular flexibility index (Phi) is 4.88. The molecule has 0 radical (unpaired) electrons. The van der Waals surface area contributed by atoms with E-state index in [1.54, 1.807) is 0 Å². The maximum absolute atomic E-state index is 11.2. The molecule has 0 aromatic carbocycles. The number of aromatic nitrogens is 2. The fraction of sp³-hybridized carbons (Fsp3) is 0.600. The lowest BCUT2D eigenvalue weighted by molar-refractivity contribution is 0.599. The summed E-state index contributed by atoms with van der Waals surface area (Å²) < 4.78 is 23.2. The second-order valence-corrected chi connectivity index (χ2v) is 6.82. The van der Waals surface area contributed by atoms with Crippen LogP contribution in [0.15, 0.2) is 4.47 Å². The van der Waals surface area contributed by atoms with Crippen molar-refractivity contribution in [2.45, 2.75) is 26.0 Å². The summed E-state index contributed by atoms with van der Waals surface area (Å²) in [5.41, 5.74) is 0.734. The molecule has 0 amide bonds. The zero-order valence-electron chi connectivity index (χ0n) is 10.1. The molecule has 0 aliphatic rings. The molecule has 0 saturated carbocycles. The lowest BCUT2D eigenvalue weighted by Crippen LogP contribution is -2.10. The average molecular weight is 322 g/mol. The maximum atomic E-state index is 11.2. The fourth-order valence-electron chi connectivity index (χ4n) is 1.28. The van der Waals surface area contributed by atoms with Gasteiger partial charge in [-0.05, 0) is 29.3 Å². The molecule has 1 N–H and O–H groups in total. The first-order valence-electron chi connectivity index (χ1n) is 5.28. The van der Waals surface area contributed by atoms with Crippen LogP contribution in [0.5, 0.6) is 0 Å². The number of nitrogens with one attached hydrogen (secondary N) is 1. The number of aryl methyl sites for hydroxylation is 1. The lowest BCUT2D eigenvalue weighted by Gasteiger charge is -2.10. The number of nitrogens with zero attached hydrogens (tertiary/aromatic N) is 2. The molecule has 1 aromatic rings. The molecule has 0 saturated heterocycles. The van der Waals surface area contributed by atoms with Gasteiger partial charge in [0.15, 0.2) is 9.84 Å². The van der Waals surface area contributed by atoms with E-state index in [4.69, 9.17) is 0 Å². The van der Waals surface area contributed by atoms with E-state index in [1.165, 1.54) is 6.26 Å². The maximum Gasteiger partial charge on any atom is 0.154 e. The van der Waals surface area contributed by atoms with Gasteiger partial charge in [0.2, 0.25) is 0 Å². The molecule has 0 bridgehead atoms. The Morgan fingerprint density at radius 2 is 2.00 bits per heavy atom. The van der Waals surface area contributed by atoms with Gasteiger partial charge in [-0.3, -0.25) is 0 Å². The Labute approximate surface area is 110 Å². The standard InChI is InChI=1S/C10H16BrN3O2S/c1-4-5-12-10-9(11)7(2)13-8(14-10)6-17(3,15)16/h4-6H2,1-3H3,(H,12,13,14). The molecule has 1 aromatic heterocycles. The van der Waals surface area contributed by atoms with E-state index in [9.17, 15) is 8.42 Å². The zero-order valence-corrected chi connectivity index (χ0v) is 12.5. The minimum absolute atomic E-state index is 0.137. The van der Waals surface area contributed by atoms with E-state index >= 15 is 0 Å². The molecule has 7 heteroatoms. The first-order valence-corrected chi connectivity index (χ1v) is 8.13. The Bertz CT molecular complexity index is 503. The first kappa shape index (κ1) is 14.4. The highest BCUT2D eigenvalue weighted by Gasteiger charge is 2.12. The van der Waals surface area contributed by atoms with Gasteiger partial charge in [-0.2, -0.15) is 0 Å². The van der Waals surface area contributed by atoms with Gasteiger partial charge in [0, 0.05) is 12.8 Å². The normalized spacial score (nSPS) is 11.5. The SMILES string of the molecule is CCCNc1nc(CS(C)(=O)=O)nc(C)c1Br. The summed E-state index contributed by atoms with van der Waals surface area (Å²) in [5, 5.41) is 3.14. The van der Waals surface area contributed by atoms with Crippen LogP contribution in [0.1, 0.15) is 24.9 Å². The summed E-state index contributed by atoms with van der Waals surface area (Å²) in [6.07, 6.45) is 2.14. The van der Waals surface area contributed by atoms with Crippen molar-refractivity contribution in [2.24, 2.45) is 0 Å². The summed E-state index contributed by atoms with van der Waals surface area (Å²) in [4.78, 5) is 8.36. The summed E-state index contributed by atoms with van der Waals surface area (Å²) in [7, 11) is -3.11. The Hall–Kier alpha value is -0.690. The predicted octanol–water partition coefficient (Wildman–Crippen LogP) is 1.91. The fourth-order valence-corrected chi connectivity index (χ4v) is 2.19. The van der Waals surface area contributed by atoms with Crippen LogP contribution < -0.4 is 5.32 Å². The highest BCUT2D eigenvalue weighted by Crippen LogP contribution is 2.23. The van der Waals surface area contributed by atoms with Gasteiger partial charge >= 0.3 is 0 Å². The van der Waals surface area contributed by atoms with E-state index in [1.807, 2.05) is 13.8 Å². The van der Waals surface area contributed by atoms with Crippen LogP contribution in [0.2, 0.25) is 0 Å². The van der Waals surface area contributed by atoms with Crippen molar-refractivity contribution >= 4 is 31.6 Å². The van der Waals surface area contributed by atoms with Crippen molar-refractivity contribution < 1.29 is 8.42 Å². The Morgan fingerprint density at radius 3 is 2.53 bits per heavy atom. The molecule has 5 nitrogen and oxygen atoms in total. The molecule has 0 unspecified atom stereocenters. The third-order valence-electron chi connectivity index (χ3n) is 2.00. The summed E-state index contributed by atoms with van der Waals surface area (Å²) in [6.45, 7) is 4.65. The van der Waals surface area contributed by atoms with Gasteiger partial charge < -0.3 is 5.32 Å². The number of halogens is 1. The number of hydrogen-bond donors (Lipinski definition) is 1. The van der Waals surface area contributed by atoms with Crippen LogP contribution in [0, 0.1) is 6.92 Å². The largest absolute Gasteiger partial charge is 0.369 e. The van der Waals surface area contributed by atoms with Gasteiger partial charge in [-0.1, -0.05) is 6.92 Å². The minimum atomic E-state index is -3.11. The molecule has 0 aliphatic heterocycles. The third-order valence-corrected chi connectivity index (χ3v) is 3.73. The van der Waals surface area contributed by atoms with E-state index in [0.717, 1.165) is 23.1 Å². The molecular weight excluding hydrogens is 306 g/mol. The third kappa shape index (κ3) is 4.59. The number of sulfone groups is 1. The Balaban J connectivity index is 3.05. The van der Waals surface area contributed by atoms with E-state index < -0.39 is 9.84 Å². The first-order chi connectivity index (χ1) is 7.83. The van der Waals surface area contributed by atoms with Gasteiger partial charge in [0.25, 0.3) is 0 Å². The highest BCUT2D eigenvalue weighted by atomic mass is 79.9. The van der Waals surface area contributed by atoms with Crippen molar-refractivity contribution in [3.63, 3.8) is 0 Å². The van der Waals surface area contributed by atoms with Crippen LogP contribution in [-0.2, 0) is 15.6 Å². The Morgan fingerprint density at radius 1 is 1.35 bits per heavy atom. The highest BCUT2D eigenvalue weighted by molar-refractivity contribution is 9.10.